The zero-order valence-electron chi connectivity index (χ0n) is 18.3. The van der Waals surface area contributed by atoms with Crippen LogP contribution in [0.1, 0.15) is 11.5 Å². The summed E-state index contributed by atoms with van der Waals surface area (Å²) in [6, 6.07) is 12.6. The molecule has 0 aliphatic carbocycles. The second kappa shape index (κ2) is 10.6. The zero-order valence-corrected chi connectivity index (χ0v) is 19.1. The van der Waals surface area contributed by atoms with Crippen LogP contribution in [0.4, 0.5) is 10.5 Å². The van der Waals surface area contributed by atoms with Crippen LogP contribution in [0.15, 0.2) is 57.0 Å². The first kappa shape index (κ1) is 23.0. The summed E-state index contributed by atoms with van der Waals surface area (Å²) in [5.74, 6) is 2.13. The first-order chi connectivity index (χ1) is 15.5. The molecule has 0 saturated heterocycles. The number of rotatable bonds is 6. The lowest BCUT2D eigenvalue weighted by Crippen LogP contribution is -2.15. The number of hydrogen-bond acceptors (Lipinski definition) is 9. The molecule has 0 fully saturated rings. The Hall–Kier alpha value is -3.66. The molecule has 166 valence electrons. The minimum Gasteiger partial charge on any atom is -0.497 e. The van der Waals surface area contributed by atoms with E-state index in [1.54, 1.807) is 45.6 Å². The van der Waals surface area contributed by atoms with Crippen molar-refractivity contribution in [3.8, 4) is 22.9 Å². The van der Waals surface area contributed by atoms with Crippen LogP contribution < -0.4 is 9.47 Å². The number of nitrogens with zero attached hydrogens (tertiary/aromatic N) is 4. The van der Waals surface area contributed by atoms with E-state index in [2.05, 4.69) is 15.1 Å². The molecule has 0 atom stereocenters. The molecule has 0 radical (unpaired) electrons. The van der Waals surface area contributed by atoms with E-state index in [9.17, 15) is 4.79 Å². The number of thioether (sulfide) groups is 1. The molecule has 3 rings (SSSR count). The Morgan fingerprint density at radius 3 is 2.19 bits per heavy atom. The number of amides is 1. The van der Waals surface area contributed by atoms with Gasteiger partial charge in [-0.05, 0) is 42.7 Å². The van der Waals surface area contributed by atoms with Gasteiger partial charge in [-0.15, -0.1) is 11.8 Å². The van der Waals surface area contributed by atoms with Crippen LogP contribution in [-0.4, -0.2) is 54.6 Å². The Labute approximate surface area is 189 Å². The van der Waals surface area contributed by atoms with E-state index < -0.39 is 6.09 Å². The Balaban J connectivity index is 2.11. The van der Waals surface area contributed by atoms with Gasteiger partial charge in [-0.1, -0.05) is 5.16 Å². The Bertz CT molecular complexity index is 1130. The average Bonchev–Trinajstić information content (AvgIpc) is 3.27. The number of benzene rings is 2. The first-order valence-corrected chi connectivity index (χ1v) is 10.6. The zero-order chi connectivity index (χ0) is 23.1. The van der Waals surface area contributed by atoms with Gasteiger partial charge < -0.3 is 18.7 Å². The van der Waals surface area contributed by atoms with E-state index >= 15 is 0 Å². The fourth-order valence-electron chi connectivity index (χ4n) is 2.73. The summed E-state index contributed by atoms with van der Waals surface area (Å²) in [5, 5.41) is 4.30. The maximum absolute atomic E-state index is 11.9. The van der Waals surface area contributed by atoms with Crippen molar-refractivity contribution >= 4 is 34.3 Å². The summed E-state index contributed by atoms with van der Waals surface area (Å²) in [5.41, 5.74) is 2.55. The van der Waals surface area contributed by atoms with Crippen LogP contribution in [0, 0.1) is 6.92 Å². The molecule has 0 aliphatic heterocycles. The number of aromatic nitrogens is 2. The van der Waals surface area contributed by atoms with E-state index in [1.165, 1.54) is 18.9 Å². The van der Waals surface area contributed by atoms with Gasteiger partial charge in [0.1, 0.15) is 22.3 Å². The van der Waals surface area contributed by atoms with Gasteiger partial charge in [-0.25, -0.2) is 9.79 Å². The highest BCUT2D eigenvalue weighted by Gasteiger charge is 2.17. The summed E-state index contributed by atoms with van der Waals surface area (Å²) < 4.78 is 20.5. The van der Waals surface area contributed by atoms with Crippen molar-refractivity contribution in [3.63, 3.8) is 0 Å². The summed E-state index contributed by atoms with van der Waals surface area (Å²) in [7, 11) is 4.39. The molecule has 32 heavy (non-hydrogen) atoms. The van der Waals surface area contributed by atoms with Crippen LogP contribution in [0.25, 0.3) is 11.4 Å². The highest BCUT2D eigenvalue weighted by atomic mass is 32.2. The van der Waals surface area contributed by atoms with Crippen LogP contribution in [0.3, 0.4) is 0 Å². The molecule has 1 aromatic heterocycles. The molecular weight excluding hydrogens is 432 g/mol. The normalized spacial score (nSPS) is 11.9. The number of carbonyl (C=O) groups excluding carboxylic acids is 1. The van der Waals surface area contributed by atoms with E-state index in [0.29, 0.717) is 45.2 Å². The maximum atomic E-state index is 11.9. The van der Waals surface area contributed by atoms with Crippen molar-refractivity contribution < 1.29 is 23.5 Å². The molecule has 10 heteroatoms. The largest absolute Gasteiger partial charge is 0.497 e. The summed E-state index contributed by atoms with van der Waals surface area (Å²) in [6.07, 6.45) is 1.08. The third-order valence-corrected chi connectivity index (χ3v) is 4.95. The fraction of sp³-hybridized carbons (Fsp3) is 0.227. The smallest absolute Gasteiger partial charge is 0.434 e. The van der Waals surface area contributed by atoms with Crippen molar-refractivity contribution in [1.29, 1.82) is 0 Å². The number of carbonyl (C=O) groups is 1. The molecule has 9 nitrogen and oxygen atoms in total. The van der Waals surface area contributed by atoms with Crippen molar-refractivity contribution in [2.45, 2.75) is 6.92 Å². The minimum atomic E-state index is -0.722. The lowest BCUT2D eigenvalue weighted by atomic mass is 10.1. The van der Waals surface area contributed by atoms with E-state index in [1.807, 2.05) is 24.3 Å². The molecule has 2 aromatic carbocycles. The standard InChI is InChI=1S/C22H22N4O5S/c1-13-23-20(26-31-13)14-6-8-16(9-7-14)24-19(21(32-5)25-22(27)30-4)15-10-17(28-2)12-18(11-15)29-3/h6-12H,1-5H3/b24-19+,25-21-. The van der Waals surface area contributed by atoms with Crippen molar-refractivity contribution in [2.75, 3.05) is 27.6 Å². The summed E-state index contributed by atoms with van der Waals surface area (Å²) in [6.45, 7) is 1.73. The highest BCUT2D eigenvalue weighted by Crippen LogP contribution is 2.27. The van der Waals surface area contributed by atoms with Gasteiger partial charge in [-0.3, -0.25) is 0 Å². The molecule has 0 bridgehead atoms. The van der Waals surface area contributed by atoms with Crippen LogP contribution >= 0.6 is 11.8 Å². The molecule has 0 aliphatic rings. The van der Waals surface area contributed by atoms with Crippen LogP contribution in [0.5, 0.6) is 11.5 Å². The quantitative estimate of drug-likeness (QED) is 0.389. The number of hydrogen-bond donors (Lipinski definition) is 0. The molecule has 1 heterocycles. The molecule has 0 saturated carbocycles. The van der Waals surface area contributed by atoms with E-state index in [-0.39, 0.29) is 0 Å². The van der Waals surface area contributed by atoms with E-state index in [4.69, 9.17) is 23.7 Å². The van der Waals surface area contributed by atoms with Crippen LogP contribution in [-0.2, 0) is 4.74 Å². The number of ether oxygens (including phenoxy) is 3. The number of methoxy groups -OCH3 is 3. The van der Waals surface area contributed by atoms with Crippen molar-refractivity contribution in [1.82, 2.24) is 10.1 Å². The topological polar surface area (TPSA) is 108 Å². The Morgan fingerprint density at radius 2 is 1.69 bits per heavy atom. The molecule has 0 N–H and O–H groups in total. The number of aryl methyl sites for hydroxylation is 1. The van der Waals surface area contributed by atoms with Gasteiger partial charge in [0.15, 0.2) is 0 Å². The van der Waals surface area contributed by atoms with E-state index in [0.717, 1.165) is 5.56 Å². The lowest BCUT2D eigenvalue weighted by molar-refractivity contribution is 0.183. The van der Waals surface area contributed by atoms with Gasteiger partial charge in [0.2, 0.25) is 11.7 Å². The van der Waals surface area contributed by atoms with Gasteiger partial charge in [-0.2, -0.15) is 9.98 Å². The fourth-order valence-corrected chi connectivity index (χ4v) is 3.26. The second-order valence-corrected chi connectivity index (χ2v) is 7.13. The predicted octanol–water partition coefficient (Wildman–Crippen LogP) is 4.71. The SMILES string of the molecule is COC(=O)/N=C(SC)/C(=N/c1ccc(-c2noc(C)n2)cc1)c1cc(OC)cc(OC)c1. The summed E-state index contributed by atoms with van der Waals surface area (Å²) >= 11 is 1.27. The number of aliphatic imine (C=N–C) groups is 2. The second-order valence-electron chi connectivity index (χ2n) is 6.34. The monoisotopic (exact) mass is 454 g/mol. The molecule has 3 aromatic rings. The Morgan fingerprint density at radius 1 is 1.03 bits per heavy atom. The Kier molecular flexibility index (Phi) is 7.61. The molecule has 1 amide bonds. The summed E-state index contributed by atoms with van der Waals surface area (Å²) in [4.78, 5) is 24.9. The lowest BCUT2D eigenvalue weighted by Gasteiger charge is -2.12. The third kappa shape index (κ3) is 5.52. The van der Waals surface area contributed by atoms with Gasteiger partial charge in [0.05, 0.1) is 27.0 Å². The highest BCUT2D eigenvalue weighted by molar-refractivity contribution is 8.15. The van der Waals surface area contributed by atoms with Crippen molar-refractivity contribution in [2.24, 2.45) is 9.98 Å². The third-order valence-electron chi connectivity index (χ3n) is 4.28. The van der Waals surface area contributed by atoms with Gasteiger partial charge in [0.25, 0.3) is 0 Å². The minimum absolute atomic E-state index is 0.380. The van der Waals surface area contributed by atoms with Crippen LogP contribution in [0.2, 0.25) is 0 Å². The molecule has 0 spiro atoms. The average molecular weight is 455 g/mol. The predicted molar refractivity (Wildman–Crippen MR) is 124 cm³/mol. The first-order valence-electron chi connectivity index (χ1n) is 9.41. The van der Waals surface area contributed by atoms with Crippen molar-refractivity contribution in [3.05, 3.63) is 53.9 Å². The van der Waals surface area contributed by atoms with Gasteiger partial charge in [0, 0.05) is 24.1 Å². The van der Waals surface area contributed by atoms with Gasteiger partial charge >= 0.3 is 6.09 Å². The maximum Gasteiger partial charge on any atom is 0.434 e. The molecular formula is C22H22N4O5S. The molecule has 0 unspecified atom stereocenters.